The standard InChI is InChI=1S/C28H35NO5/c1-18-12-20(15-24(33-4)26(18)30)8-6-10-22-14-23(28(32)29(3)17-22)11-7-9-21-13-19(2)27(31)25(16-21)34-5/h6-9,12-13,15-16,22-23,30-31H,10-11,14,17H2,1-5H3. The topological polar surface area (TPSA) is 79.2 Å². The number of methoxy groups -OCH3 is 2. The highest BCUT2D eigenvalue weighted by molar-refractivity contribution is 5.79. The molecule has 3 rings (SSSR count). The number of carbonyl (C=O) groups is 1. The zero-order chi connectivity index (χ0) is 24.8. The van der Waals surface area contributed by atoms with E-state index in [2.05, 4.69) is 6.08 Å². The Labute approximate surface area is 202 Å². The fourth-order valence-corrected chi connectivity index (χ4v) is 4.55. The van der Waals surface area contributed by atoms with E-state index in [9.17, 15) is 15.0 Å². The molecule has 6 heteroatoms. The average molecular weight is 466 g/mol. The van der Waals surface area contributed by atoms with Crippen molar-refractivity contribution in [1.82, 2.24) is 4.90 Å². The summed E-state index contributed by atoms with van der Waals surface area (Å²) in [4.78, 5) is 14.6. The van der Waals surface area contributed by atoms with Gasteiger partial charge in [0.25, 0.3) is 0 Å². The van der Waals surface area contributed by atoms with Crippen molar-refractivity contribution in [2.75, 3.05) is 27.8 Å². The van der Waals surface area contributed by atoms with Crippen LogP contribution in [-0.4, -0.2) is 48.8 Å². The molecule has 0 radical (unpaired) electrons. The van der Waals surface area contributed by atoms with Crippen LogP contribution in [0.2, 0.25) is 0 Å². The molecule has 1 saturated heterocycles. The number of aromatic hydroxyl groups is 2. The van der Waals surface area contributed by atoms with Gasteiger partial charge in [-0.15, -0.1) is 0 Å². The lowest BCUT2D eigenvalue weighted by atomic mass is 9.84. The van der Waals surface area contributed by atoms with Gasteiger partial charge in [-0.25, -0.2) is 0 Å². The van der Waals surface area contributed by atoms with Gasteiger partial charge in [0.05, 0.1) is 14.2 Å². The van der Waals surface area contributed by atoms with Crippen molar-refractivity contribution in [3.05, 3.63) is 58.7 Å². The Morgan fingerprint density at radius 3 is 1.91 bits per heavy atom. The van der Waals surface area contributed by atoms with E-state index in [1.54, 1.807) is 13.2 Å². The number of carbonyl (C=O) groups excluding carboxylic acids is 1. The third-order valence-corrected chi connectivity index (χ3v) is 6.40. The highest BCUT2D eigenvalue weighted by Crippen LogP contribution is 2.33. The number of hydrogen-bond acceptors (Lipinski definition) is 5. The Balaban J connectivity index is 1.63. The Morgan fingerprint density at radius 1 is 0.912 bits per heavy atom. The van der Waals surface area contributed by atoms with Gasteiger partial charge in [0.2, 0.25) is 5.91 Å². The summed E-state index contributed by atoms with van der Waals surface area (Å²) < 4.78 is 10.5. The average Bonchev–Trinajstić information content (AvgIpc) is 2.81. The van der Waals surface area contributed by atoms with Crippen LogP contribution in [0.5, 0.6) is 23.0 Å². The van der Waals surface area contributed by atoms with Crippen molar-refractivity contribution in [3.8, 4) is 23.0 Å². The number of amides is 1. The molecule has 1 aliphatic heterocycles. The summed E-state index contributed by atoms with van der Waals surface area (Å²) in [6.07, 6.45) is 10.6. The minimum Gasteiger partial charge on any atom is -0.504 e. The van der Waals surface area contributed by atoms with Crippen LogP contribution in [0.3, 0.4) is 0 Å². The van der Waals surface area contributed by atoms with Crippen LogP contribution in [-0.2, 0) is 4.79 Å². The van der Waals surface area contributed by atoms with Crippen LogP contribution in [0.1, 0.15) is 41.5 Å². The number of piperidine rings is 1. The number of likely N-dealkylation sites (tertiary alicyclic amines) is 1. The predicted molar refractivity (Wildman–Crippen MR) is 135 cm³/mol. The first-order valence-corrected chi connectivity index (χ1v) is 11.6. The van der Waals surface area contributed by atoms with Crippen molar-refractivity contribution >= 4 is 18.1 Å². The molecule has 1 fully saturated rings. The zero-order valence-electron chi connectivity index (χ0n) is 20.7. The van der Waals surface area contributed by atoms with E-state index < -0.39 is 0 Å². The molecule has 0 spiro atoms. The SMILES string of the molecule is COc1cc(C=CCC2CC(CC=Cc3cc(C)c(O)c(OC)c3)C(=O)N(C)C2)cc(C)c1O. The van der Waals surface area contributed by atoms with Crippen molar-refractivity contribution < 1.29 is 24.5 Å². The molecule has 0 aliphatic carbocycles. The molecule has 6 nitrogen and oxygen atoms in total. The van der Waals surface area contributed by atoms with E-state index in [-0.39, 0.29) is 23.3 Å². The second kappa shape index (κ2) is 11.1. The van der Waals surface area contributed by atoms with Crippen molar-refractivity contribution in [2.24, 2.45) is 11.8 Å². The Kier molecular flexibility index (Phi) is 8.26. The number of phenolic OH excluding ortho intramolecular Hbond substituents is 2. The lowest BCUT2D eigenvalue weighted by Gasteiger charge is -2.34. The lowest BCUT2D eigenvalue weighted by molar-refractivity contribution is -0.138. The molecule has 2 N–H and O–H groups in total. The molecule has 0 aromatic heterocycles. The van der Waals surface area contributed by atoms with Gasteiger partial charge in [0, 0.05) is 19.5 Å². The summed E-state index contributed by atoms with van der Waals surface area (Å²) in [6, 6.07) is 7.44. The van der Waals surface area contributed by atoms with E-state index in [1.807, 2.05) is 62.2 Å². The van der Waals surface area contributed by atoms with E-state index in [0.717, 1.165) is 41.6 Å². The van der Waals surface area contributed by atoms with E-state index in [1.165, 1.54) is 7.11 Å². The molecule has 0 saturated carbocycles. The third-order valence-electron chi connectivity index (χ3n) is 6.40. The summed E-state index contributed by atoms with van der Waals surface area (Å²) in [7, 11) is 4.95. The number of rotatable bonds is 8. The maximum atomic E-state index is 12.7. The van der Waals surface area contributed by atoms with E-state index >= 15 is 0 Å². The fourth-order valence-electron chi connectivity index (χ4n) is 4.55. The van der Waals surface area contributed by atoms with Gasteiger partial charge in [0.15, 0.2) is 23.0 Å². The molecule has 0 bridgehead atoms. The lowest BCUT2D eigenvalue weighted by Crippen LogP contribution is -2.42. The third kappa shape index (κ3) is 5.93. The second-order valence-electron chi connectivity index (χ2n) is 9.07. The number of nitrogens with zero attached hydrogens (tertiary/aromatic N) is 1. The Hall–Kier alpha value is -3.41. The highest BCUT2D eigenvalue weighted by atomic mass is 16.5. The molecule has 2 aromatic carbocycles. The molecule has 2 aromatic rings. The molecule has 2 atom stereocenters. The zero-order valence-corrected chi connectivity index (χ0v) is 20.7. The molecule has 1 heterocycles. The van der Waals surface area contributed by atoms with Gasteiger partial charge in [-0.05, 0) is 85.5 Å². The highest BCUT2D eigenvalue weighted by Gasteiger charge is 2.30. The first kappa shape index (κ1) is 25.2. The second-order valence-corrected chi connectivity index (χ2v) is 9.07. The molecular weight excluding hydrogens is 430 g/mol. The van der Waals surface area contributed by atoms with E-state index in [0.29, 0.717) is 23.8 Å². The Bertz CT molecular complexity index is 1090. The molecule has 1 amide bonds. The minimum atomic E-state index is -0.0514. The number of allylic oxidation sites excluding steroid dienone is 2. The summed E-state index contributed by atoms with van der Waals surface area (Å²) in [5.41, 5.74) is 3.44. The van der Waals surface area contributed by atoms with Crippen molar-refractivity contribution in [3.63, 3.8) is 0 Å². The molecule has 1 aliphatic rings. The molecular formula is C28H35NO5. The van der Waals surface area contributed by atoms with Gasteiger partial charge in [0.1, 0.15) is 0 Å². The number of benzene rings is 2. The normalized spacial score (nSPS) is 18.7. The van der Waals surface area contributed by atoms with Crippen molar-refractivity contribution in [2.45, 2.75) is 33.1 Å². The summed E-state index contributed by atoms with van der Waals surface area (Å²) in [6.45, 7) is 4.43. The van der Waals surface area contributed by atoms with Gasteiger partial charge < -0.3 is 24.6 Å². The first-order valence-electron chi connectivity index (χ1n) is 11.6. The van der Waals surface area contributed by atoms with Crippen LogP contribution in [0.4, 0.5) is 0 Å². The summed E-state index contributed by atoms with van der Waals surface area (Å²) in [5.74, 6) is 1.75. The van der Waals surface area contributed by atoms with Crippen LogP contribution >= 0.6 is 0 Å². The number of phenols is 2. The maximum Gasteiger partial charge on any atom is 0.225 e. The van der Waals surface area contributed by atoms with Crippen molar-refractivity contribution in [1.29, 1.82) is 0 Å². The summed E-state index contributed by atoms with van der Waals surface area (Å²) in [5, 5.41) is 20.0. The number of aryl methyl sites for hydroxylation is 2. The maximum absolute atomic E-state index is 12.7. The minimum absolute atomic E-state index is 0.0514. The van der Waals surface area contributed by atoms with Crippen LogP contribution in [0.15, 0.2) is 36.4 Å². The monoisotopic (exact) mass is 465 g/mol. The van der Waals surface area contributed by atoms with Crippen LogP contribution in [0, 0.1) is 25.7 Å². The van der Waals surface area contributed by atoms with E-state index in [4.69, 9.17) is 9.47 Å². The van der Waals surface area contributed by atoms with Crippen LogP contribution < -0.4 is 9.47 Å². The van der Waals surface area contributed by atoms with Gasteiger partial charge >= 0.3 is 0 Å². The molecule has 34 heavy (non-hydrogen) atoms. The van der Waals surface area contributed by atoms with Gasteiger partial charge in [-0.1, -0.05) is 24.3 Å². The largest absolute Gasteiger partial charge is 0.504 e. The van der Waals surface area contributed by atoms with Gasteiger partial charge in [-0.3, -0.25) is 4.79 Å². The van der Waals surface area contributed by atoms with Crippen LogP contribution in [0.25, 0.3) is 12.2 Å². The summed E-state index contributed by atoms with van der Waals surface area (Å²) >= 11 is 0. The smallest absolute Gasteiger partial charge is 0.225 e. The first-order chi connectivity index (χ1) is 16.2. The number of hydrogen-bond donors (Lipinski definition) is 2. The Morgan fingerprint density at radius 2 is 1.41 bits per heavy atom. The molecule has 182 valence electrons. The number of ether oxygens (including phenoxy) is 2. The quantitative estimate of drug-likeness (QED) is 0.551. The molecule has 2 unspecified atom stereocenters. The predicted octanol–water partition coefficient (Wildman–Crippen LogP) is 5.33. The van der Waals surface area contributed by atoms with Gasteiger partial charge in [-0.2, -0.15) is 0 Å². The fraction of sp³-hybridized carbons (Fsp3) is 0.393.